The number of carbonyl (C=O) groups is 2. The van der Waals surface area contributed by atoms with E-state index in [0.717, 1.165) is 42.2 Å². The van der Waals surface area contributed by atoms with E-state index < -0.39 is 16.8 Å². The molecule has 7 nitrogen and oxygen atoms in total. The Morgan fingerprint density at radius 1 is 1.29 bits per heavy atom. The van der Waals surface area contributed by atoms with Crippen LogP contribution in [0.15, 0.2) is 18.2 Å². The van der Waals surface area contributed by atoms with Gasteiger partial charge in [-0.1, -0.05) is 11.6 Å². The molecule has 1 amide bonds. The number of amides is 1. The van der Waals surface area contributed by atoms with Gasteiger partial charge in [-0.2, -0.15) is 0 Å². The van der Waals surface area contributed by atoms with Gasteiger partial charge in [-0.15, -0.1) is 11.3 Å². The van der Waals surface area contributed by atoms with Crippen molar-refractivity contribution in [2.24, 2.45) is 0 Å². The molecule has 1 heterocycles. The summed E-state index contributed by atoms with van der Waals surface area (Å²) in [5.41, 5.74) is 1.24. The van der Waals surface area contributed by atoms with Gasteiger partial charge < -0.3 is 10.1 Å². The summed E-state index contributed by atoms with van der Waals surface area (Å²) in [6.45, 7) is 3.54. The smallest absolute Gasteiger partial charge is 0.341 e. The van der Waals surface area contributed by atoms with Crippen molar-refractivity contribution in [2.45, 2.75) is 45.6 Å². The van der Waals surface area contributed by atoms with E-state index in [4.69, 9.17) is 16.3 Å². The van der Waals surface area contributed by atoms with Crippen LogP contribution >= 0.6 is 22.9 Å². The van der Waals surface area contributed by atoms with Crippen LogP contribution in [0.3, 0.4) is 0 Å². The Bertz CT molecular complexity index is 954. The van der Waals surface area contributed by atoms with Gasteiger partial charge in [0.05, 0.1) is 27.2 Å². The highest BCUT2D eigenvalue weighted by atomic mass is 35.5. The number of aryl methyl sites for hydroxylation is 1. The van der Waals surface area contributed by atoms with Crippen molar-refractivity contribution in [1.82, 2.24) is 0 Å². The third-order valence-electron chi connectivity index (χ3n) is 4.35. The SMILES string of the molecule is CC(C)OC(=O)c1c(NC(=O)c2ccc([N+](=O)[O-])cc2Cl)sc2c1CCCC2. The number of ether oxygens (including phenoxy) is 1. The summed E-state index contributed by atoms with van der Waals surface area (Å²) in [5, 5.41) is 14.0. The number of hydrogen-bond acceptors (Lipinski definition) is 6. The maximum atomic E-state index is 12.7. The number of nitrogens with zero attached hydrogens (tertiary/aromatic N) is 1. The van der Waals surface area contributed by atoms with Crippen molar-refractivity contribution in [3.05, 3.63) is 54.9 Å². The molecule has 9 heteroatoms. The second-order valence-corrected chi connectivity index (χ2v) is 8.26. The second kappa shape index (κ2) is 8.28. The molecule has 0 radical (unpaired) electrons. The predicted octanol–water partition coefficient (Wildman–Crippen LogP) is 5.01. The topological polar surface area (TPSA) is 98.5 Å². The first-order chi connectivity index (χ1) is 13.3. The number of nitro benzene ring substituents is 1. The van der Waals surface area contributed by atoms with Crippen molar-refractivity contribution in [2.75, 3.05) is 5.32 Å². The Kier molecular flexibility index (Phi) is 6.00. The molecule has 1 aromatic heterocycles. The lowest BCUT2D eigenvalue weighted by molar-refractivity contribution is -0.384. The Labute approximate surface area is 170 Å². The van der Waals surface area contributed by atoms with Crippen LogP contribution in [0.4, 0.5) is 10.7 Å². The number of esters is 1. The van der Waals surface area contributed by atoms with E-state index in [1.54, 1.807) is 13.8 Å². The van der Waals surface area contributed by atoms with E-state index in [9.17, 15) is 19.7 Å². The largest absolute Gasteiger partial charge is 0.459 e. The summed E-state index contributed by atoms with van der Waals surface area (Å²) in [7, 11) is 0. The van der Waals surface area contributed by atoms with Gasteiger partial charge >= 0.3 is 5.97 Å². The second-order valence-electron chi connectivity index (χ2n) is 6.74. The molecule has 0 saturated carbocycles. The normalized spacial score (nSPS) is 13.1. The number of nitrogens with one attached hydrogen (secondary N) is 1. The molecule has 0 bridgehead atoms. The van der Waals surface area contributed by atoms with Crippen molar-refractivity contribution in [3.8, 4) is 0 Å². The maximum Gasteiger partial charge on any atom is 0.341 e. The highest BCUT2D eigenvalue weighted by molar-refractivity contribution is 7.17. The zero-order valence-electron chi connectivity index (χ0n) is 15.4. The highest BCUT2D eigenvalue weighted by Gasteiger charge is 2.28. The lowest BCUT2D eigenvalue weighted by Gasteiger charge is -2.14. The molecule has 0 fully saturated rings. The van der Waals surface area contributed by atoms with Crippen LogP contribution in [0.25, 0.3) is 0 Å². The number of nitro groups is 1. The van der Waals surface area contributed by atoms with Crippen LogP contribution in [0.1, 0.15) is 57.8 Å². The van der Waals surface area contributed by atoms with Crippen molar-refractivity contribution >= 4 is 45.5 Å². The van der Waals surface area contributed by atoms with Gasteiger partial charge in [0.1, 0.15) is 5.00 Å². The third kappa shape index (κ3) is 4.18. The number of hydrogen-bond donors (Lipinski definition) is 1. The van der Waals surface area contributed by atoms with E-state index in [-0.39, 0.29) is 22.4 Å². The van der Waals surface area contributed by atoms with Gasteiger partial charge in [0.15, 0.2) is 0 Å². The van der Waals surface area contributed by atoms with E-state index >= 15 is 0 Å². The Morgan fingerprint density at radius 3 is 2.64 bits per heavy atom. The first-order valence-corrected chi connectivity index (χ1v) is 10.1. The molecule has 0 atom stereocenters. The molecule has 1 aliphatic carbocycles. The number of non-ortho nitro benzene ring substituents is 1. The number of thiophene rings is 1. The first-order valence-electron chi connectivity index (χ1n) is 8.88. The molecule has 0 spiro atoms. The minimum atomic E-state index is -0.582. The minimum Gasteiger partial charge on any atom is -0.459 e. The standard InChI is InChI=1S/C19H19ClN2O5S/c1-10(2)27-19(24)16-13-5-3-4-6-15(13)28-18(16)21-17(23)12-8-7-11(22(25)26)9-14(12)20/h7-10H,3-6H2,1-2H3,(H,21,23). The summed E-state index contributed by atoms with van der Waals surface area (Å²) in [5.74, 6) is -0.989. The van der Waals surface area contributed by atoms with Gasteiger partial charge in [0.2, 0.25) is 0 Å². The first kappa shape index (κ1) is 20.3. The van der Waals surface area contributed by atoms with E-state index in [1.165, 1.54) is 23.5 Å². The van der Waals surface area contributed by atoms with Crippen LogP contribution < -0.4 is 5.32 Å². The molecule has 0 unspecified atom stereocenters. The maximum absolute atomic E-state index is 12.7. The Morgan fingerprint density at radius 2 is 2.00 bits per heavy atom. The summed E-state index contributed by atoms with van der Waals surface area (Å²) >= 11 is 7.42. The lowest BCUT2D eigenvalue weighted by Crippen LogP contribution is -2.18. The molecule has 1 aromatic carbocycles. The van der Waals surface area contributed by atoms with E-state index in [2.05, 4.69) is 5.32 Å². The summed E-state index contributed by atoms with van der Waals surface area (Å²) < 4.78 is 5.37. The van der Waals surface area contributed by atoms with Crippen LogP contribution in [0.2, 0.25) is 5.02 Å². The van der Waals surface area contributed by atoms with Gasteiger partial charge in [0.25, 0.3) is 11.6 Å². The zero-order chi connectivity index (χ0) is 20.4. The van der Waals surface area contributed by atoms with Gasteiger partial charge in [-0.3, -0.25) is 14.9 Å². The quantitative estimate of drug-likeness (QED) is 0.415. The number of rotatable bonds is 5. The average Bonchev–Trinajstić information content (AvgIpc) is 2.98. The number of benzene rings is 1. The molecular weight excluding hydrogens is 404 g/mol. The Hall–Kier alpha value is -2.45. The van der Waals surface area contributed by atoms with Crippen molar-refractivity contribution in [1.29, 1.82) is 0 Å². The van der Waals surface area contributed by atoms with Gasteiger partial charge in [-0.05, 0) is 51.2 Å². The molecule has 1 N–H and O–H groups in total. The fourth-order valence-corrected chi connectivity index (χ4v) is 4.65. The molecule has 0 saturated heterocycles. The summed E-state index contributed by atoms with van der Waals surface area (Å²) in [6, 6.07) is 3.65. The number of anilines is 1. The third-order valence-corrected chi connectivity index (χ3v) is 5.87. The zero-order valence-corrected chi connectivity index (χ0v) is 17.0. The van der Waals surface area contributed by atoms with Crippen LogP contribution in [-0.4, -0.2) is 22.9 Å². The highest BCUT2D eigenvalue weighted by Crippen LogP contribution is 2.39. The number of carbonyl (C=O) groups excluding carboxylic acids is 2. The van der Waals surface area contributed by atoms with Crippen LogP contribution in [0, 0.1) is 10.1 Å². The minimum absolute atomic E-state index is 0.0284. The fraction of sp³-hybridized carbons (Fsp3) is 0.368. The number of fused-ring (bicyclic) bond motifs is 1. The van der Waals surface area contributed by atoms with Crippen LogP contribution in [-0.2, 0) is 17.6 Å². The molecule has 3 rings (SSSR count). The number of halogens is 1. The summed E-state index contributed by atoms with van der Waals surface area (Å²) in [6.07, 6.45) is 3.36. The molecule has 148 valence electrons. The van der Waals surface area contributed by atoms with Gasteiger partial charge in [0, 0.05) is 17.0 Å². The van der Waals surface area contributed by atoms with E-state index in [0.29, 0.717) is 10.6 Å². The van der Waals surface area contributed by atoms with E-state index in [1.807, 2.05) is 0 Å². The molecule has 0 aliphatic heterocycles. The molecule has 28 heavy (non-hydrogen) atoms. The van der Waals surface area contributed by atoms with Gasteiger partial charge in [-0.25, -0.2) is 4.79 Å². The monoisotopic (exact) mass is 422 g/mol. The fourth-order valence-electron chi connectivity index (χ4n) is 3.12. The molecule has 1 aliphatic rings. The summed E-state index contributed by atoms with van der Waals surface area (Å²) in [4.78, 5) is 36.7. The molecule has 2 aromatic rings. The molecular formula is C19H19ClN2O5S. The lowest BCUT2D eigenvalue weighted by atomic mass is 9.95. The predicted molar refractivity (Wildman–Crippen MR) is 108 cm³/mol. The van der Waals surface area contributed by atoms with Crippen molar-refractivity contribution in [3.63, 3.8) is 0 Å². The Balaban J connectivity index is 1.93. The van der Waals surface area contributed by atoms with Crippen LogP contribution in [0.5, 0.6) is 0 Å². The van der Waals surface area contributed by atoms with Crippen molar-refractivity contribution < 1.29 is 19.2 Å². The average molecular weight is 423 g/mol.